The number of piperidine rings is 1. The Balaban J connectivity index is 1.87. The summed E-state index contributed by atoms with van der Waals surface area (Å²) in [6.45, 7) is 5.03. The summed E-state index contributed by atoms with van der Waals surface area (Å²) in [5.74, 6) is 0.416. The number of hydrogen-bond donors (Lipinski definition) is 0. The first-order valence-electron chi connectivity index (χ1n) is 7.92. The maximum Gasteiger partial charge on any atom is 0.416 e. The van der Waals surface area contributed by atoms with E-state index in [-0.39, 0.29) is 5.92 Å². The molecule has 8 nitrogen and oxygen atoms in total. The van der Waals surface area contributed by atoms with Gasteiger partial charge in [0.05, 0.1) is 23.7 Å². The van der Waals surface area contributed by atoms with Gasteiger partial charge in [0.1, 0.15) is 6.61 Å². The molecule has 0 bridgehead atoms. The molecule has 0 saturated carbocycles. The molecule has 24 heavy (non-hydrogen) atoms. The molecule has 0 radical (unpaired) electrons. The van der Waals surface area contributed by atoms with Crippen LogP contribution in [0.3, 0.4) is 0 Å². The van der Waals surface area contributed by atoms with Crippen LogP contribution < -0.4 is 4.90 Å². The SMILES string of the molecule is CC1(C)COC(=O)N1c1cncc(C2CCCN(S(C)(=O)=O)C2)n1. The highest BCUT2D eigenvalue weighted by atomic mass is 32.2. The number of sulfonamides is 1. The first-order chi connectivity index (χ1) is 11.2. The lowest BCUT2D eigenvalue weighted by Gasteiger charge is -2.31. The van der Waals surface area contributed by atoms with Crippen molar-refractivity contribution in [3.05, 3.63) is 18.1 Å². The van der Waals surface area contributed by atoms with E-state index >= 15 is 0 Å². The molecule has 1 aromatic heterocycles. The molecule has 2 aliphatic heterocycles. The summed E-state index contributed by atoms with van der Waals surface area (Å²) >= 11 is 0. The van der Waals surface area contributed by atoms with Crippen LogP contribution in [-0.2, 0) is 14.8 Å². The van der Waals surface area contributed by atoms with Gasteiger partial charge in [0.2, 0.25) is 10.0 Å². The predicted octanol–water partition coefficient (Wildman–Crippen LogP) is 1.35. The fraction of sp³-hybridized carbons (Fsp3) is 0.667. The lowest BCUT2D eigenvalue weighted by atomic mass is 9.96. The molecule has 3 heterocycles. The molecular formula is C15H22N4O4S. The highest BCUT2D eigenvalue weighted by Gasteiger charge is 2.42. The molecule has 0 spiro atoms. The number of ether oxygens (including phenoxy) is 1. The van der Waals surface area contributed by atoms with Crippen LogP contribution in [0.1, 0.15) is 38.3 Å². The van der Waals surface area contributed by atoms with Gasteiger partial charge in [-0.3, -0.25) is 9.88 Å². The Bertz CT molecular complexity index is 750. The van der Waals surface area contributed by atoms with Crippen LogP contribution in [0.5, 0.6) is 0 Å². The summed E-state index contributed by atoms with van der Waals surface area (Å²) < 4.78 is 30.2. The molecule has 0 aliphatic carbocycles. The summed E-state index contributed by atoms with van der Waals surface area (Å²) in [4.78, 5) is 22.3. The monoisotopic (exact) mass is 354 g/mol. The molecule has 2 fully saturated rings. The van der Waals surface area contributed by atoms with Crippen molar-refractivity contribution in [2.45, 2.75) is 38.1 Å². The van der Waals surface area contributed by atoms with Gasteiger partial charge in [0.25, 0.3) is 0 Å². The van der Waals surface area contributed by atoms with Crippen LogP contribution in [0.25, 0.3) is 0 Å². The Morgan fingerprint density at radius 2 is 2.08 bits per heavy atom. The third kappa shape index (κ3) is 3.23. The lowest BCUT2D eigenvalue weighted by Crippen LogP contribution is -2.43. The standard InChI is InChI=1S/C15H22N4O4S/c1-15(2)10-23-14(20)19(15)13-8-16-7-12(17-13)11-5-4-6-18(9-11)24(3,21)22/h7-8,11H,4-6,9-10H2,1-3H3. The van der Waals surface area contributed by atoms with Gasteiger partial charge < -0.3 is 4.74 Å². The Labute approximate surface area is 141 Å². The first kappa shape index (κ1) is 17.1. The Hall–Kier alpha value is -1.74. The van der Waals surface area contributed by atoms with Gasteiger partial charge in [-0.2, -0.15) is 0 Å². The highest BCUT2D eigenvalue weighted by molar-refractivity contribution is 7.88. The van der Waals surface area contributed by atoms with E-state index in [1.54, 1.807) is 6.20 Å². The van der Waals surface area contributed by atoms with Gasteiger partial charge in [0, 0.05) is 25.2 Å². The van der Waals surface area contributed by atoms with Crippen molar-refractivity contribution in [3.8, 4) is 0 Å². The summed E-state index contributed by atoms with van der Waals surface area (Å²) in [5.41, 5.74) is 0.215. The summed E-state index contributed by atoms with van der Waals surface area (Å²) in [6.07, 6.45) is 5.59. The molecule has 1 atom stereocenters. The minimum absolute atomic E-state index is 0.0253. The average molecular weight is 354 g/mol. The van der Waals surface area contributed by atoms with E-state index < -0.39 is 21.7 Å². The van der Waals surface area contributed by atoms with E-state index in [4.69, 9.17) is 4.74 Å². The number of nitrogens with zero attached hydrogens (tertiary/aromatic N) is 4. The minimum atomic E-state index is -3.22. The molecule has 1 amide bonds. The minimum Gasteiger partial charge on any atom is -0.447 e. The maximum atomic E-state index is 12.0. The van der Waals surface area contributed by atoms with Gasteiger partial charge >= 0.3 is 6.09 Å². The molecule has 1 aromatic rings. The predicted molar refractivity (Wildman–Crippen MR) is 88.3 cm³/mol. The maximum absolute atomic E-state index is 12.0. The number of amides is 1. The Kier molecular flexibility index (Phi) is 4.25. The smallest absolute Gasteiger partial charge is 0.416 e. The molecule has 2 saturated heterocycles. The summed E-state index contributed by atoms with van der Waals surface area (Å²) in [7, 11) is -3.22. The van der Waals surface area contributed by atoms with E-state index in [9.17, 15) is 13.2 Å². The van der Waals surface area contributed by atoms with Crippen LogP contribution in [0, 0.1) is 0 Å². The van der Waals surface area contributed by atoms with Crippen molar-refractivity contribution in [1.82, 2.24) is 14.3 Å². The molecule has 0 aromatic carbocycles. The largest absolute Gasteiger partial charge is 0.447 e. The lowest BCUT2D eigenvalue weighted by molar-refractivity contribution is 0.175. The third-order valence-electron chi connectivity index (χ3n) is 4.48. The fourth-order valence-electron chi connectivity index (χ4n) is 3.18. The van der Waals surface area contributed by atoms with Crippen LogP contribution in [0.4, 0.5) is 10.6 Å². The third-order valence-corrected chi connectivity index (χ3v) is 5.75. The second-order valence-electron chi connectivity index (χ2n) is 6.96. The van der Waals surface area contributed by atoms with Crippen LogP contribution in [-0.4, -0.2) is 60.3 Å². The number of cyclic esters (lactones) is 1. The van der Waals surface area contributed by atoms with Crippen LogP contribution >= 0.6 is 0 Å². The van der Waals surface area contributed by atoms with Crippen molar-refractivity contribution in [3.63, 3.8) is 0 Å². The van der Waals surface area contributed by atoms with E-state index in [0.29, 0.717) is 31.2 Å². The molecule has 132 valence electrons. The van der Waals surface area contributed by atoms with Crippen LogP contribution in [0.2, 0.25) is 0 Å². The second kappa shape index (κ2) is 5.96. The zero-order valence-electron chi connectivity index (χ0n) is 14.1. The van der Waals surface area contributed by atoms with Gasteiger partial charge in [-0.25, -0.2) is 22.5 Å². The fourth-order valence-corrected chi connectivity index (χ4v) is 4.09. The zero-order valence-corrected chi connectivity index (χ0v) is 14.9. The van der Waals surface area contributed by atoms with Crippen LogP contribution in [0.15, 0.2) is 12.4 Å². The van der Waals surface area contributed by atoms with E-state index in [1.807, 2.05) is 13.8 Å². The summed E-state index contributed by atoms with van der Waals surface area (Å²) in [5, 5.41) is 0. The average Bonchev–Trinajstić information content (AvgIpc) is 2.80. The number of hydrogen-bond acceptors (Lipinski definition) is 6. The van der Waals surface area contributed by atoms with Gasteiger partial charge in [-0.05, 0) is 26.7 Å². The van der Waals surface area contributed by atoms with Crippen molar-refractivity contribution in [1.29, 1.82) is 0 Å². The van der Waals surface area contributed by atoms with E-state index in [2.05, 4.69) is 9.97 Å². The molecule has 1 unspecified atom stereocenters. The molecule has 2 aliphatic rings. The number of aromatic nitrogens is 2. The van der Waals surface area contributed by atoms with E-state index in [0.717, 1.165) is 12.8 Å². The highest BCUT2D eigenvalue weighted by Crippen LogP contribution is 2.31. The van der Waals surface area contributed by atoms with Crippen molar-refractivity contribution >= 4 is 21.9 Å². The second-order valence-corrected chi connectivity index (χ2v) is 8.95. The zero-order chi connectivity index (χ0) is 17.5. The van der Waals surface area contributed by atoms with Gasteiger partial charge in [0.15, 0.2) is 5.82 Å². The number of anilines is 1. The van der Waals surface area contributed by atoms with Gasteiger partial charge in [-0.15, -0.1) is 0 Å². The molecule has 0 N–H and O–H groups in total. The van der Waals surface area contributed by atoms with Crippen molar-refractivity contribution in [2.24, 2.45) is 0 Å². The normalized spacial score (nSPS) is 24.9. The quantitative estimate of drug-likeness (QED) is 0.813. The summed E-state index contributed by atoms with van der Waals surface area (Å²) in [6, 6.07) is 0. The molecule has 9 heteroatoms. The number of carbonyl (C=O) groups is 1. The Morgan fingerprint density at radius 3 is 2.71 bits per heavy atom. The Morgan fingerprint density at radius 1 is 1.33 bits per heavy atom. The molecule has 3 rings (SSSR count). The van der Waals surface area contributed by atoms with Crippen molar-refractivity contribution in [2.75, 3.05) is 30.9 Å². The number of carbonyl (C=O) groups excluding carboxylic acids is 1. The van der Waals surface area contributed by atoms with Crippen molar-refractivity contribution < 1.29 is 17.9 Å². The first-order valence-corrected chi connectivity index (χ1v) is 9.77. The molecular weight excluding hydrogens is 332 g/mol. The number of rotatable bonds is 3. The van der Waals surface area contributed by atoms with E-state index in [1.165, 1.54) is 21.7 Å². The van der Waals surface area contributed by atoms with Gasteiger partial charge in [-0.1, -0.05) is 0 Å². The topological polar surface area (TPSA) is 92.7 Å².